The van der Waals surface area contributed by atoms with Crippen LogP contribution in [0.3, 0.4) is 0 Å². The molecule has 0 bridgehead atoms. The lowest BCUT2D eigenvalue weighted by Crippen LogP contribution is -2.64. The highest BCUT2D eigenvalue weighted by Gasteiger charge is 2.53. The van der Waals surface area contributed by atoms with E-state index in [2.05, 4.69) is 5.32 Å². The molecule has 0 aromatic heterocycles. The Kier molecular flexibility index (Phi) is 5.13. The van der Waals surface area contributed by atoms with Crippen LogP contribution in [0.1, 0.15) is 45.4 Å². The van der Waals surface area contributed by atoms with Crippen molar-refractivity contribution < 1.29 is 18.6 Å². The van der Waals surface area contributed by atoms with Crippen molar-refractivity contribution in [3.05, 3.63) is 0 Å². The number of hydrogen-bond donors (Lipinski definition) is 1. The van der Waals surface area contributed by atoms with Crippen LogP contribution < -0.4 is 5.32 Å². The van der Waals surface area contributed by atoms with Crippen LogP contribution in [-0.4, -0.2) is 45.0 Å². The molecule has 21 heavy (non-hydrogen) atoms. The third-order valence-corrected chi connectivity index (χ3v) is 5.66. The number of hydrogen-bond acceptors (Lipinski definition) is 4. The van der Waals surface area contributed by atoms with Crippen LogP contribution in [-0.2, 0) is 20.4 Å². The van der Waals surface area contributed by atoms with E-state index in [1.54, 1.807) is 6.92 Å². The van der Waals surface area contributed by atoms with Crippen molar-refractivity contribution in [1.82, 2.24) is 10.2 Å². The van der Waals surface area contributed by atoms with Gasteiger partial charge in [-0.25, -0.2) is 4.79 Å². The van der Waals surface area contributed by atoms with Gasteiger partial charge >= 0.3 is 6.03 Å². The number of barbiturate groups is 1. The summed E-state index contributed by atoms with van der Waals surface area (Å²) < 4.78 is 11.5. The largest absolute Gasteiger partial charge is 0.330 e. The zero-order chi connectivity index (χ0) is 15.5. The Morgan fingerprint density at radius 3 is 2.33 bits per heavy atom. The third-order valence-electron chi connectivity index (χ3n) is 4.38. The molecule has 7 heteroatoms. The van der Waals surface area contributed by atoms with Crippen molar-refractivity contribution in [2.45, 2.75) is 45.4 Å². The van der Waals surface area contributed by atoms with E-state index >= 15 is 0 Å². The van der Waals surface area contributed by atoms with E-state index in [1.165, 1.54) is 0 Å². The number of imide groups is 2. The van der Waals surface area contributed by atoms with Gasteiger partial charge in [0.2, 0.25) is 11.8 Å². The summed E-state index contributed by atoms with van der Waals surface area (Å²) in [7, 11) is -1.05. The van der Waals surface area contributed by atoms with Gasteiger partial charge in [-0.05, 0) is 12.8 Å². The molecule has 1 saturated carbocycles. The van der Waals surface area contributed by atoms with E-state index in [1.807, 2.05) is 0 Å². The summed E-state index contributed by atoms with van der Waals surface area (Å²) >= 11 is 0. The smallest absolute Gasteiger partial charge is 0.277 e. The number of rotatable bonds is 4. The summed E-state index contributed by atoms with van der Waals surface area (Å²) in [6, 6.07) is -0.673. The van der Waals surface area contributed by atoms with Gasteiger partial charge in [-0.3, -0.25) is 24.0 Å². The average molecular weight is 314 g/mol. The molecule has 0 radical (unpaired) electrons. The minimum atomic E-state index is -1.09. The van der Waals surface area contributed by atoms with Crippen molar-refractivity contribution in [3.63, 3.8) is 0 Å². The minimum Gasteiger partial charge on any atom is -0.277 e. The Bertz CT molecular complexity index is 470. The van der Waals surface area contributed by atoms with Crippen molar-refractivity contribution in [2.24, 2.45) is 5.41 Å². The SMILES string of the molecule is CCS(=O)CCN1C(=O)NC(=O)C2(CCCCCC2)C1=O. The maximum atomic E-state index is 12.7. The number of nitrogens with zero attached hydrogens (tertiary/aromatic N) is 1. The lowest BCUT2D eigenvalue weighted by molar-refractivity contribution is -0.152. The fourth-order valence-corrected chi connectivity index (χ4v) is 3.72. The molecule has 2 rings (SSSR count). The van der Waals surface area contributed by atoms with Crippen LogP contribution >= 0.6 is 0 Å². The second-order valence-electron chi connectivity index (χ2n) is 5.65. The van der Waals surface area contributed by atoms with Crippen LogP contribution in [0.5, 0.6) is 0 Å². The summed E-state index contributed by atoms with van der Waals surface area (Å²) in [6.07, 6.45) is 4.66. The summed E-state index contributed by atoms with van der Waals surface area (Å²) in [5, 5.41) is 2.32. The molecule has 1 atom stereocenters. The van der Waals surface area contributed by atoms with Gasteiger partial charge in [-0.2, -0.15) is 0 Å². The number of carbonyl (C=O) groups is 3. The summed E-state index contributed by atoms with van der Waals surface area (Å²) in [4.78, 5) is 38.0. The molecular formula is C14H22N2O4S. The van der Waals surface area contributed by atoms with Crippen molar-refractivity contribution >= 4 is 28.6 Å². The molecule has 6 nitrogen and oxygen atoms in total. The van der Waals surface area contributed by atoms with E-state index in [0.717, 1.165) is 30.6 Å². The summed E-state index contributed by atoms with van der Waals surface area (Å²) in [6.45, 7) is 1.91. The van der Waals surface area contributed by atoms with E-state index in [9.17, 15) is 18.6 Å². The Balaban J connectivity index is 2.18. The van der Waals surface area contributed by atoms with Gasteiger partial charge in [0.1, 0.15) is 5.41 Å². The first kappa shape index (κ1) is 16.1. The van der Waals surface area contributed by atoms with Gasteiger partial charge in [0.05, 0.1) is 0 Å². The molecule has 0 aromatic carbocycles. The van der Waals surface area contributed by atoms with Crippen LogP contribution in [0.25, 0.3) is 0 Å². The molecule has 2 fully saturated rings. The zero-order valence-corrected chi connectivity index (χ0v) is 13.2. The average Bonchev–Trinajstić information content (AvgIpc) is 2.72. The van der Waals surface area contributed by atoms with Crippen LogP contribution in [0, 0.1) is 5.41 Å². The summed E-state index contributed by atoms with van der Waals surface area (Å²) in [5.74, 6) is -0.0910. The van der Waals surface area contributed by atoms with Gasteiger partial charge in [0.15, 0.2) is 0 Å². The number of carbonyl (C=O) groups excluding carboxylic acids is 3. The normalized spacial score (nSPS) is 23.9. The standard InChI is InChI=1S/C14H22N2O4S/c1-2-21(20)10-9-16-12(18)14(11(17)15-13(16)19)7-5-3-4-6-8-14/h2-10H2,1H3,(H,15,17,19). The maximum Gasteiger partial charge on any atom is 0.330 e. The molecule has 1 saturated heterocycles. The third kappa shape index (κ3) is 3.17. The van der Waals surface area contributed by atoms with E-state index in [-0.39, 0.29) is 12.3 Å². The number of urea groups is 1. The highest BCUT2D eigenvalue weighted by molar-refractivity contribution is 7.84. The number of nitrogens with one attached hydrogen (secondary N) is 1. The van der Waals surface area contributed by atoms with Crippen LogP contribution in [0.4, 0.5) is 4.79 Å². The first-order chi connectivity index (χ1) is 10.0. The second kappa shape index (κ2) is 6.68. The van der Waals surface area contributed by atoms with Crippen LogP contribution in [0.15, 0.2) is 0 Å². The molecule has 4 amide bonds. The predicted molar refractivity (Wildman–Crippen MR) is 78.9 cm³/mol. The molecule has 1 unspecified atom stereocenters. The topological polar surface area (TPSA) is 83.6 Å². The Hall–Kier alpha value is -1.24. The molecule has 1 aliphatic heterocycles. The van der Waals surface area contributed by atoms with Crippen molar-refractivity contribution in [2.75, 3.05) is 18.1 Å². The second-order valence-corrected chi connectivity index (χ2v) is 7.51. The molecule has 0 aromatic rings. The maximum absolute atomic E-state index is 12.7. The molecular weight excluding hydrogens is 292 g/mol. The van der Waals surface area contributed by atoms with E-state index < -0.39 is 34.1 Å². The molecule has 2 aliphatic rings. The van der Waals surface area contributed by atoms with Gasteiger partial charge in [0.25, 0.3) is 0 Å². The van der Waals surface area contributed by atoms with Gasteiger partial charge in [-0.1, -0.05) is 32.6 Å². The molecule has 118 valence electrons. The molecule has 1 heterocycles. The van der Waals surface area contributed by atoms with Crippen LogP contribution in [0.2, 0.25) is 0 Å². The quantitative estimate of drug-likeness (QED) is 0.790. The predicted octanol–water partition coefficient (Wildman–Crippen LogP) is 1.17. The lowest BCUT2D eigenvalue weighted by Gasteiger charge is -2.38. The van der Waals surface area contributed by atoms with Gasteiger partial charge in [-0.15, -0.1) is 0 Å². The molecule has 1 N–H and O–H groups in total. The zero-order valence-electron chi connectivity index (χ0n) is 12.4. The number of amides is 4. The van der Waals surface area contributed by atoms with Gasteiger partial charge < -0.3 is 0 Å². The van der Waals surface area contributed by atoms with E-state index in [4.69, 9.17) is 0 Å². The fourth-order valence-electron chi connectivity index (χ4n) is 3.05. The molecule has 1 aliphatic carbocycles. The lowest BCUT2D eigenvalue weighted by atomic mass is 9.77. The van der Waals surface area contributed by atoms with Crippen molar-refractivity contribution in [1.29, 1.82) is 0 Å². The molecule has 1 spiro atoms. The first-order valence-corrected chi connectivity index (χ1v) is 9.02. The Morgan fingerprint density at radius 2 is 1.76 bits per heavy atom. The van der Waals surface area contributed by atoms with E-state index in [0.29, 0.717) is 18.6 Å². The highest BCUT2D eigenvalue weighted by atomic mass is 32.2. The Morgan fingerprint density at radius 1 is 1.14 bits per heavy atom. The minimum absolute atomic E-state index is 0.111. The van der Waals surface area contributed by atoms with Gasteiger partial charge in [0, 0.05) is 28.9 Å². The highest BCUT2D eigenvalue weighted by Crippen LogP contribution is 2.38. The summed E-state index contributed by atoms with van der Waals surface area (Å²) in [5.41, 5.74) is -1.09. The monoisotopic (exact) mass is 314 g/mol. The first-order valence-electron chi connectivity index (χ1n) is 7.53. The fraction of sp³-hybridized carbons (Fsp3) is 0.786. The Labute approximate surface area is 127 Å². The van der Waals surface area contributed by atoms with Crippen molar-refractivity contribution in [3.8, 4) is 0 Å².